The normalized spacial score (nSPS) is 23.6. The smallest absolute Gasteiger partial charge is 0.237 e. The summed E-state index contributed by atoms with van der Waals surface area (Å²) in [5.41, 5.74) is 6.52. The zero-order valence-corrected chi connectivity index (χ0v) is 13.2. The number of benzene rings is 1. The number of carbonyl (C=O) groups is 1. The number of hydrogen-bond acceptors (Lipinski definition) is 4. The summed E-state index contributed by atoms with van der Waals surface area (Å²) >= 11 is 3.47. The van der Waals surface area contributed by atoms with Gasteiger partial charge in [0.25, 0.3) is 0 Å². The van der Waals surface area contributed by atoms with Gasteiger partial charge < -0.3 is 15.2 Å². The first-order valence-electron chi connectivity index (χ1n) is 6.51. The van der Waals surface area contributed by atoms with E-state index in [-0.39, 0.29) is 12.0 Å². The molecule has 1 aromatic carbocycles. The predicted molar refractivity (Wildman–Crippen MR) is 79.5 cm³/mol. The van der Waals surface area contributed by atoms with E-state index in [0.29, 0.717) is 19.7 Å². The molecule has 2 atom stereocenters. The number of primary amides is 1. The average Bonchev–Trinajstić information content (AvgIpc) is 2.38. The maximum atomic E-state index is 11.6. The molecule has 2 rings (SSSR count). The predicted octanol–water partition coefficient (Wildman–Crippen LogP) is 1.53. The molecule has 0 unspecified atom stereocenters. The van der Waals surface area contributed by atoms with Gasteiger partial charge in [-0.05, 0) is 28.9 Å². The van der Waals surface area contributed by atoms with Gasteiger partial charge in [-0.3, -0.25) is 9.69 Å². The third-order valence-electron chi connectivity index (χ3n) is 3.51. The quantitative estimate of drug-likeness (QED) is 0.901. The van der Waals surface area contributed by atoms with Crippen LogP contribution >= 0.6 is 15.9 Å². The van der Waals surface area contributed by atoms with E-state index >= 15 is 0 Å². The molecule has 0 saturated carbocycles. The fraction of sp³-hybridized carbons (Fsp3) is 0.500. The lowest BCUT2D eigenvalue weighted by molar-refractivity contribution is -0.136. The minimum Gasteiger partial charge on any atom is -0.495 e. The van der Waals surface area contributed by atoms with Crippen LogP contribution in [0.2, 0.25) is 0 Å². The summed E-state index contributed by atoms with van der Waals surface area (Å²) in [7, 11) is 1.64. The van der Waals surface area contributed by atoms with E-state index in [2.05, 4.69) is 15.9 Å². The fourth-order valence-corrected chi connectivity index (χ4v) is 3.17. The Morgan fingerprint density at radius 2 is 2.35 bits per heavy atom. The number of methoxy groups -OCH3 is 1. The van der Waals surface area contributed by atoms with Gasteiger partial charge in [-0.15, -0.1) is 0 Å². The first kappa shape index (κ1) is 15.3. The van der Waals surface area contributed by atoms with Crippen LogP contribution in [0.15, 0.2) is 22.7 Å². The van der Waals surface area contributed by atoms with E-state index in [4.69, 9.17) is 15.2 Å². The van der Waals surface area contributed by atoms with Gasteiger partial charge in [-0.25, -0.2) is 0 Å². The lowest BCUT2D eigenvalue weighted by Gasteiger charge is -2.38. The van der Waals surface area contributed by atoms with Crippen molar-refractivity contribution >= 4 is 21.8 Å². The number of halogens is 1. The molecule has 1 fully saturated rings. The van der Waals surface area contributed by atoms with E-state index in [1.54, 1.807) is 7.11 Å². The Morgan fingerprint density at radius 3 is 3.00 bits per heavy atom. The number of para-hydroxylation sites is 1. The molecule has 1 aliphatic heterocycles. The van der Waals surface area contributed by atoms with Crippen molar-refractivity contribution in [1.82, 2.24) is 4.90 Å². The van der Waals surface area contributed by atoms with Crippen molar-refractivity contribution in [2.75, 3.05) is 20.3 Å². The highest BCUT2D eigenvalue weighted by Gasteiger charge is 2.34. The van der Waals surface area contributed by atoms with Crippen molar-refractivity contribution in [3.8, 4) is 5.75 Å². The molecule has 1 heterocycles. The topological polar surface area (TPSA) is 64.8 Å². The number of nitrogens with zero attached hydrogens (tertiary/aromatic N) is 1. The van der Waals surface area contributed by atoms with Gasteiger partial charge in [-0.1, -0.05) is 12.1 Å². The molecule has 6 heteroatoms. The molecule has 5 nitrogen and oxygen atoms in total. The van der Waals surface area contributed by atoms with Crippen LogP contribution in [0.25, 0.3) is 0 Å². The van der Waals surface area contributed by atoms with Crippen molar-refractivity contribution < 1.29 is 14.3 Å². The van der Waals surface area contributed by atoms with Crippen molar-refractivity contribution in [2.24, 2.45) is 5.73 Å². The van der Waals surface area contributed by atoms with Gasteiger partial charge in [0.1, 0.15) is 11.8 Å². The maximum absolute atomic E-state index is 11.6. The van der Waals surface area contributed by atoms with Crippen molar-refractivity contribution in [2.45, 2.75) is 25.6 Å². The number of ether oxygens (including phenoxy) is 2. The standard InChI is InChI=1S/C14H19BrN2O3/c1-9-12(14(16)18)17(6-7-20-9)8-10-4-3-5-11(15)13(10)19-2/h3-5,9,12H,6-8H2,1-2H3,(H2,16,18)/t9-,12+/m1/s1. The molecule has 0 aliphatic carbocycles. The van der Waals surface area contributed by atoms with Crippen LogP contribution in [0.3, 0.4) is 0 Å². The number of nitrogens with two attached hydrogens (primary N) is 1. The van der Waals surface area contributed by atoms with Gasteiger partial charge in [0, 0.05) is 18.7 Å². The molecule has 1 amide bonds. The third kappa shape index (κ3) is 3.13. The van der Waals surface area contributed by atoms with E-state index in [9.17, 15) is 4.79 Å². The molecule has 1 aliphatic rings. The molecule has 20 heavy (non-hydrogen) atoms. The number of hydrogen-bond donors (Lipinski definition) is 1. The Kier molecular flexibility index (Phi) is 5.01. The second kappa shape index (κ2) is 6.56. The van der Waals surface area contributed by atoms with Crippen LogP contribution in [0.4, 0.5) is 0 Å². The summed E-state index contributed by atoms with van der Waals surface area (Å²) in [6.45, 7) is 3.75. The Balaban J connectivity index is 2.23. The van der Waals surface area contributed by atoms with Crippen LogP contribution in [0.5, 0.6) is 5.75 Å². The van der Waals surface area contributed by atoms with Crippen LogP contribution in [-0.2, 0) is 16.1 Å². The second-order valence-electron chi connectivity index (χ2n) is 4.83. The minimum absolute atomic E-state index is 0.195. The highest BCUT2D eigenvalue weighted by atomic mass is 79.9. The molecule has 0 spiro atoms. The molecular weight excluding hydrogens is 324 g/mol. The summed E-state index contributed by atoms with van der Waals surface area (Å²) in [6.07, 6.45) is -0.195. The molecule has 0 radical (unpaired) electrons. The first-order valence-corrected chi connectivity index (χ1v) is 7.30. The third-order valence-corrected chi connectivity index (χ3v) is 4.14. The van der Waals surface area contributed by atoms with Crippen molar-refractivity contribution in [3.63, 3.8) is 0 Å². The molecule has 0 bridgehead atoms. The molecular formula is C14H19BrN2O3. The number of rotatable bonds is 4. The summed E-state index contributed by atoms with van der Waals surface area (Å²) in [4.78, 5) is 13.7. The monoisotopic (exact) mass is 342 g/mol. The average molecular weight is 343 g/mol. The maximum Gasteiger partial charge on any atom is 0.237 e. The molecule has 110 valence electrons. The lowest BCUT2D eigenvalue weighted by atomic mass is 10.1. The fourth-order valence-electron chi connectivity index (χ4n) is 2.60. The van der Waals surface area contributed by atoms with E-state index in [1.807, 2.05) is 30.0 Å². The highest BCUT2D eigenvalue weighted by Crippen LogP contribution is 2.30. The lowest BCUT2D eigenvalue weighted by Crippen LogP contribution is -2.56. The van der Waals surface area contributed by atoms with E-state index in [1.165, 1.54) is 0 Å². The molecule has 1 saturated heterocycles. The van der Waals surface area contributed by atoms with Gasteiger partial charge in [0.2, 0.25) is 5.91 Å². The van der Waals surface area contributed by atoms with Crippen LogP contribution in [0.1, 0.15) is 12.5 Å². The Hall–Kier alpha value is -1.11. The second-order valence-corrected chi connectivity index (χ2v) is 5.68. The van der Waals surface area contributed by atoms with Gasteiger partial charge in [-0.2, -0.15) is 0 Å². The Morgan fingerprint density at radius 1 is 1.60 bits per heavy atom. The summed E-state index contributed by atoms with van der Waals surface area (Å²) in [6, 6.07) is 5.45. The Labute approximate surface area is 127 Å². The van der Waals surface area contributed by atoms with Crippen LogP contribution in [-0.4, -0.2) is 43.2 Å². The highest BCUT2D eigenvalue weighted by molar-refractivity contribution is 9.10. The van der Waals surface area contributed by atoms with Crippen molar-refractivity contribution in [3.05, 3.63) is 28.2 Å². The zero-order valence-electron chi connectivity index (χ0n) is 11.6. The first-order chi connectivity index (χ1) is 9.54. The number of morpholine rings is 1. The number of amides is 1. The van der Waals surface area contributed by atoms with Gasteiger partial charge in [0.05, 0.1) is 24.3 Å². The molecule has 2 N–H and O–H groups in total. The summed E-state index contributed by atoms with van der Waals surface area (Å²) in [5.74, 6) is 0.432. The van der Waals surface area contributed by atoms with Gasteiger partial charge in [0.15, 0.2) is 0 Å². The van der Waals surface area contributed by atoms with Crippen LogP contribution < -0.4 is 10.5 Å². The Bertz CT molecular complexity index is 495. The zero-order chi connectivity index (χ0) is 14.7. The molecule has 0 aromatic heterocycles. The largest absolute Gasteiger partial charge is 0.495 e. The van der Waals surface area contributed by atoms with Gasteiger partial charge >= 0.3 is 0 Å². The van der Waals surface area contributed by atoms with Crippen LogP contribution in [0, 0.1) is 0 Å². The number of carbonyl (C=O) groups excluding carboxylic acids is 1. The molecule has 1 aromatic rings. The summed E-state index contributed by atoms with van der Waals surface area (Å²) in [5, 5.41) is 0. The van der Waals surface area contributed by atoms with Crippen molar-refractivity contribution in [1.29, 1.82) is 0 Å². The summed E-state index contributed by atoms with van der Waals surface area (Å²) < 4.78 is 11.8. The van der Waals surface area contributed by atoms with E-state index in [0.717, 1.165) is 15.8 Å². The SMILES string of the molecule is COc1c(Br)cccc1CN1CCO[C@H](C)[C@H]1C(N)=O. The minimum atomic E-state index is -0.410. The van der Waals surface area contributed by atoms with E-state index < -0.39 is 6.04 Å².